The molecule has 2 amide bonds. The minimum atomic E-state index is -0.874. The SMILES string of the molecule is CCCCNC(=O)[C@@H](C[C@H](O)[C@@H](N)CN1CC(=O)N(c2cccc(F)c2)CC1(C)C)C(C)C. The van der Waals surface area contributed by atoms with Crippen LogP contribution in [0.4, 0.5) is 10.1 Å². The van der Waals surface area contributed by atoms with Gasteiger partial charge in [-0.1, -0.05) is 33.3 Å². The first-order valence-electron chi connectivity index (χ1n) is 12.0. The molecule has 1 aromatic carbocycles. The summed E-state index contributed by atoms with van der Waals surface area (Å²) in [6.07, 6.45) is 1.32. The van der Waals surface area contributed by atoms with Crippen molar-refractivity contribution in [1.29, 1.82) is 0 Å². The molecule has 0 bridgehead atoms. The summed E-state index contributed by atoms with van der Waals surface area (Å²) in [6, 6.07) is 5.41. The molecule has 7 nitrogen and oxygen atoms in total. The van der Waals surface area contributed by atoms with Gasteiger partial charge in [-0.15, -0.1) is 0 Å². The molecule has 0 aliphatic carbocycles. The van der Waals surface area contributed by atoms with Crippen LogP contribution in [-0.2, 0) is 9.59 Å². The number of nitrogens with zero attached hydrogens (tertiary/aromatic N) is 2. The van der Waals surface area contributed by atoms with Crippen LogP contribution in [0, 0.1) is 17.7 Å². The number of carbonyl (C=O) groups is 2. The maximum absolute atomic E-state index is 13.7. The summed E-state index contributed by atoms with van der Waals surface area (Å²) in [5.41, 5.74) is 6.46. The number of hydrogen-bond acceptors (Lipinski definition) is 5. The largest absolute Gasteiger partial charge is 0.391 e. The van der Waals surface area contributed by atoms with Gasteiger partial charge in [-0.3, -0.25) is 14.5 Å². The van der Waals surface area contributed by atoms with Crippen molar-refractivity contribution in [2.45, 2.75) is 71.6 Å². The zero-order chi connectivity index (χ0) is 24.8. The van der Waals surface area contributed by atoms with Crippen LogP contribution < -0.4 is 16.0 Å². The second kappa shape index (κ2) is 11.9. The zero-order valence-electron chi connectivity index (χ0n) is 20.7. The second-order valence-corrected chi connectivity index (χ2v) is 10.1. The monoisotopic (exact) mass is 464 g/mol. The Balaban J connectivity index is 2.01. The number of carbonyl (C=O) groups excluding carboxylic acids is 2. The van der Waals surface area contributed by atoms with E-state index in [0.29, 0.717) is 25.3 Å². The molecule has 186 valence electrons. The number of aliphatic hydroxyl groups is 1. The first-order chi connectivity index (χ1) is 15.5. The first-order valence-corrected chi connectivity index (χ1v) is 12.0. The summed E-state index contributed by atoms with van der Waals surface area (Å²) in [7, 11) is 0. The molecule has 0 aromatic heterocycles. The van der Waals surface area contributed by atoms with E-state index >= 15 is 0 Å². The lowest BCUT2D eigenvalue weighted by Gasteiger charge is -2.47. The maximum atomic E-state index is 13.7. The van der Waals surface area contributed by atoms with Crippen LogP contribution in [0.15, 0.2) is 24.3 Å². The molecular weight excluding hydrogens is 423 g/mol. The quantitative estimate of drug-likeness (QED) is 0.437. The van der Waals surface area contributed by atoms with Crippen LogP contribution in [0.2, 0.25) is 0 Å². The molecule has 0 spiro atoms. The number of rotatable bonds is 11. The van der Waals surface area contributed by atoms with Crippen molar-refractivity contribution in [1.82, 2.24) is 10.2 Å². The van der Waals surface area contributed by atoms with E-state index in [1.165, 1.54) is 12.1 Å². The Hall–Kier alpha value is -2.03. The summed E-state index contributed by atoms with van der Waals surface area (Å²) in [5, 5.41) is 13.8. The van der Waals surface area contributed by atoms with Crippen LogP contribution in [0.5, 0.6) is 0 Å². The smallest absolute Gasteiger partial charge is 0.241 e. The fourth-order valence-electron chi connectivity index (χ4n) is 4.24. The third-order valence-electron chi connectivity index (χ3n) is 6.54. The fraction of sp³-hybridized carbons (Fsp3) is 0.680. The van der Waals surface area contributed by atoms with Gasteiger partial charge in [0.15, 0.2) is 0 Å². The number of nitrogens with two attached hydrogens (primary N) is 1. The van der Waals surface area contributed by atoms with E-state index in [2.05, 4.69) is 12.2 Å². The van der Waals surface area contributed by atoms with Gasteiger partial charge < -0.3 is 21.1 Å². The highest BCUT2D eigenvalue weighted by Crippen LogP contribution is 2.28. The lowest BCUT2D eigenvalue weighted by molar-refractivity contribution is -0.127. The third kappa shape index (κ3) is 7.48. The number of amides is 2. The number of aliphatic hydroxyl groups excluding tert-OH is 1. The highest BCUT2D eigenvalue weighted by atomic mass is 19.1. The van der Waals surface area contributed by atoms with Crippen LogP contribution in [0.3, 0.4) is 0 Å². The summed E-state index contributed by atoms with van der Waals surface area (Å²) in [5.74, 6) is -0.839. The van der Waals surface area contributed by atoms with Gasteiger partial charge in [0.25, 0.3) is 0 Å². The molecule has 0 saturated carbocycles. The van der Waals surface area contributed by atoms with Crippen molar-refractivity contribution in [3.8, 4) is 0 Å². The van der Waals surface area contributed by atoms with Gasteiger partial charge in [0.2, 0.25) is 11.8 Å². The fourth-order valence-corrected chi connectivity index (χ4v) is 4.24. The summed E-state index contributed by atoms with van der Waals surface area (Å²) in [6.45, 7) is 11.5. The van der Waals surface area contributed by atoms with E-state index in [9.17, 15) is 19.1 Å². The summed E-state index contributed by atoms with van der Waals surface area (Å²) in [4.78, 5) is 29.0. The molecule has 0 unspecified atom stereocenters. The maximum Gasteiger partial charge on any atom is 0.241 e. The average Bonchev–Trinajstić information content (AvgIpc) is 2.74. The first kappa shape index (κ1) is 27.2. The molecule has 8 heteroatoms. The minimum Gasteiger partial charge on any atom is -0.391 e. The van der Waals surface area contributed by atoms with Crippen LogP contribution in [0.25, 0.3) is 0 Å². The molecule has 0 radical (unpaired) electrons. The molecule has 1 aliphatic heterocycles. The third-order valence-corrected chi connectivity index (χ3v) is 6.54. The van der Waals surface area contributed by atoms with Gasteiger partial charge in [-0.05, 0) is 50.8 Å². The Kier molecular flexibility index (Phi) is 9.82. The lowest BCUT2D eigenvalue weighted by Crippen LogP contribution is -2.64. The Bertz CT molecular complexity index is 802. The number of halogens is 1. The molecule has 4 N–H and O–H groups in total. The number of nitrogens with one attached hydrogen (secondary N) is 1. The van der Waals surface area contributed by atoms with E-state index in [4.69, 9.17) is 5.73 Å². The summed E-state index contributed by atoms with van der Waals surface area (Å²) >= 11 is 0. The van der Waals surface area contributed by atoms with Gasteiger partial charge in [-0.25, -0.2) is 4.39 Å². The number of hydrogen-bond donors (Lipinski definition) is 3. The molecule has 33 heavy (non-hydrogen) atoms. The predicted octanol–water partition coefficient (Wildman–Crippen LogP) is 2.52. The van der Waals surface area contributed by atoms with Gasteiger partial charge in [0, 0.05) is 42.8 Å². The molecule has 2 rings (SSSR count). The van der Waals surface area contributed by atoms with Crippen LogP contribution >= 0.6 is 0 Å². The lowest BCUT2D eigenvalue weighted by atomic mass is 9.87. The van der Waals surface area contributed by atoms with E-state index in [-0.39, 0.29) is 42.4 Å². The van der Waals surface area contributed by atoms with Crippen molar-refractivity contribution in [3.63, 3.8) is 0 Å². The number of piperazine rings is 1. The highest BCUT2D eigenvalue weighted by Gasteiger charge is 2.40. The number of benzene rings is 1. The van der Waals surface area contributed by atoms with Crippen molar-refractivity contribution >= 4 is 17.5 Å². The van der Waals surface area contributed by atoms with Crippen LogP contribution in [0.1, 0.15) is 53.9 Å². The second-order valence-electron chi connectivity index (χ2n) is 10.1. The number of anilines is 1. The van der Waals surface area contributed by atoms with Crippen molar-refractivity contribution < 1.29 is 19.1 Å². The van der Waals surface area contributed by atoms with E-state index in [1.807, 2.05) is 32.6 Å². The minimum absolute atomic E-state index is 0.0519. The predicted molar refractivity (Wildman–Crippen MR) is 129 cm³/mol. The van der Waals surface area contributed by atoms with Gasteiger partial charge >= 0.3 is 0 Å². The van der Waals surface area contributed by atoms with Crippen LogP contribution in [-0.4, -0.2) is 65.7 Å². The molecule has 1 aliphatic rings. The summed E-state index contributed by atoms with van der Waals surface area (Å²) < 4.78 is 13.7. The topological polar surface area (TPSA) is 98.9 Å². The van der Waals surface area contributed by atoms with Gasteiger partial charge in [0.1, 0.15) is 5.82 Å². The molecule has 1 heterocycles. The Morgan fingerprint density at radius 2 is 2.03 bits per heavy atom. The van der Waals surface area contributed by atoms with Crippen molar-refractivity contribution in [2.24, 2.45) is 17.6 Å². The highest BCUT2D eigenvalue weighted by molar-refractivity contribution is 5.95. The zero-order valence-corrected chi connectivity index (χ0v) is 20.7. The number of unbranched alkanes of at least 4 members (excludes halogenated alkanes) is 1. The Labute approximate surface area is 197 Å². The normalized spacial score (nSPS) is 19.4. The Morgan fingerprint density at radius 3 is 2.64 bits per heavy atom. The van der Waals surface area contributed by atoms with E-state index in [0.717, 1.165) is 12.8 Å². The molecule has 3 atom stereocenters. The molecular formula is C25H41FN4O3. The Morgan fingerprint density at radius 1 is 1.33 bits per heavy atom. The van der Waals surface area contributed by atoms with Gasteiger partial charge in [0.05, 0.1) is 12.6 Å². The molecule has 1 aromatic rings. The molecule has 1 fully saturated rings. The van der Waals surface area contributed by atoms with E-state index in [1.54, 1.807) is 17.0 Å². The van der Waals surface area contributed by atoms with Crippen molar-refractivity contribution in [3.05, 3.63) is 30.1 Å². The van der Waals surface area contributed by atoms with E-state index < -0.39 is 17.7 Å². The van der Waals surface area contributed by atoms with Gasteiger partial charge in [-0.2, -0.15) is 0 Å². The van der Waals surface area contributed by atoms with Crippen molar-refractivity contribution in [2.75, 3.05) is 31.1 Å². The average molecular weight is 465 g/mol. The standard InChI is InChI=1S/C25H41FN4O3/c1-6-7-11-28-24(33)20(17(2)3)13-22(31)21(27)14-29-15-23(32)30(16-25(29,4)5)19-10-8-9-18(26)12-19/h8-10,12,17,20-22,31H,6-7,11,13-16,27H2,1-5H3,(H,28,33)/t20-,21-,22-/m0/s1. The molecule has 1 saturated heterocycles.